The van der Waals surface area contributed by atoms with Crippen LogP contribution >= 0.6 is 0 Å². The van der Waals surface area contributed by atoms with Gasteiger partial charge in [-0.05, 0) is 44.4 Å². The number of esters is 1. The summed E-state index contributed by atoms with van der Waals surface area (Å²) >= 11 is 0. The summed E-state index contributed by atoms with van der Waals surface area (Å²) in [4.78, 5) is 11.6. The first kappa shape index (κ1) is 16.8. The highest BCUT2D eigenvalue weighted by Gasteiger charge is 2.60. The van der Waals surface area contributed by atoms with Gasteiger partial charge in [0.05, 0.1) is 11.7 Å². The van der Waals surface area contributed by atoms with E-state index in [1.807, 2.05) is 13.8 Å². The van der Waals surface area contributed by atoms with Crippen molar-refractivity contribution in [2.45, 2.75) is 78.1 Å². The number of carbonyl (C=O) groups is 1. The van der Waals surface area contributed by atoms with E-state index >= 15 is 0 Å². The monoisotopic (exact) mass is 298 g/mol. The van der Waals surface area contributed by atoms with Gasteiger partial charge in [-0.15, -0.1) is 0 Å². The van der Waals surface area contributed by atoms with Gasteiger partial charge in [0, 0.05) is 18.3 Å². The van der Waals surface area contributed by atoms with Gasteiger partial charge >= 0.3 is 5.97 Å². The molecule has 0 aliphatic heterocycles. The molecule has 0 aromatic heterocycles. The summed E-state index contributed by atoms with van der Waals surface area (Å²) in [6.45, 7) is 9.58. The quantitative estimate of drug-likeness (QED) is 0.769. The Bertz CT molecular complexity index is 404. The molecule has 2 aliphatic carbocycles. The highest BCUT2D eigenvalue weighted by Crippen LogP contribution is 2.57. The maximum atomic E-state index is 11.6. The topological polar surface area (TPSA) is 66.8 Å². The van der Waals surface area contributed by atoms with E-state index in [0.29, 0.717) is 18.8 Å². The molecule has 2 N–H and O–H groups in total. The molecule has 1 unspecified atom stereocenters. The highest BCUT2D eigenvalue weighted by molar-refractivity contribution is 5.66. The van der Waals surface area contributed by atoms with Gasteiger partial charge in [0.15, 0.2) is 0 Å². The number of ether oxygens (including phenoxy) is 1. The summed E-state index contributed by atoms with van der Waals surface area (Å²) in [5.41, 5.74) is -1.28. The van der Waals surface area contributed by atoms with E-state index < -0.39 is 11.7 Å². The molecule has 2 fully saturated rings. The SMILES string of the molecule is CC(=O)O[C@H]1C2[C@](C)(O)CC[C@@H](O)[C@]2(C)CC[C@H]1C(C)C. The largest absolute Gasteiger partial charge is 0.462 e. The zero-order chi connectivity index (χ0) is 16.0. The van der Waals surface area contributed by atoms with Crippen LogP contribution in [0.2, 0.25) is 0 Å². The van der Waals surface area contributed by atoms with E-state index in [9.17, 15) is 15.0 Å². The van der Waals surface area contributed by atoms with Gasteiger partial charge in [-0.2, -0.15) is 0 Å². The Balaban J connectivity index is 2.43. The predicted molar refractivity (Wildman–Crippen MR) is 80.6 cm³/mol. The summed E-state index contributed by atoms with van der Waals surface area (Å²) in [7, 11) is 0. The van der Waals surface area contributed by atoms with E-state index in [1.54, 1.807) is 0 Å². The lowest BCUT2D eigenvalue weighted by Gasteiger charge is -2.59. The summed E-state index contributed by atoms with van der Waals surface area (Å²) in [5.74, 6) is 0.113. The molecule has 4 nitrogen and oxygen atoms in total. The van der Waals surface area contributed by atoms with Crippen LogP contribution in [0, 0.1) is 23.2 Å². The van der Waals surface area contributed by atoms with Gasteiger partial charge in [-0.1, -0.05) is 20.8 Å². The summed E-state index contributed by atoms with van der Waals surface area (Å²) in [6, 6.07) is 0. The van der Waals surface area contributed by atoms with Crippen molar-refractivity contribution in [3.05, 3.63) is 0 Å². The maximum absolute atomic E-state index is 11.6. The van der Waals surface area contributed by atoms with Crippen LogP contribution in [-0.2, 0) is 9.53 Å². The average molecular weight is 298 g/mol. The molecule has 2 aliphatic rings. The molecule has 0 aromatic carbocycles. The lowest BCUT2D eigenvalue weighted by molar-refractivity contribution is -0.229. The maximum Gasteiger partial charge on any atom is 0.302 e. The van der Waals surface area contributed by atoms with E-state index in [0.717, 1.165) is 12.8 Å². The summed E-state index contributed by atoms with van der Waals surface area (Å²) < 4.78 is 5.67. The van der Waals surface area contributed by atoms with Crippen molar-refractivity contribution in [3.63, 3.8) is 0 Å². The number of fused-ring (bicyclic) bond motifs is 1. The molecule has 0 amide bonds. The normalized spacial score (nSPS) is 47.0. The van der Waals surface area contributed by atoms with Crippen LogP contribution in [0.4, 0.5) is 0 Å². The molecule has 0 radical (unpaired) electrons. The molecule has 0 heterocycles. The first-order valence-electron chi connectivity index (χ1n) is 8.17. The van der Waals surface area contributed by atoms with Crippen molar-refractivity contribution in [3.8, 4) is 0 Å². The van der Waals surface area contributed by atoms with Crippen molar-refractivity contribution >= 4 is 5.97 Å². The van der Waals surface area contributed by atoms with Gasteiger partial charge in [0.25, 0.3) is 0 Å². The number of carbonyl (C=O) groups excluding carboxylic acids is 1. The van der Waals surface area contributed by atoms with E-state index in [4.69, 9.17) is 4.74 Å². The Morgan fingerprint density at radius 2 is 1.86 bits per heavy atom. The molecule has 122 valence electrons. The Labute approximate surface area is 127 Å². The molecule has 2 rings (SSSR count). The van der Waals surface area contributed by atoms with Crippen molar-refractivity contribution in [1.82, 2.24) is 0 Å². The molecule has 6 atom stereocenters. The lowest BCUT2D eigenvalue weighted by Crippen LogP contribution is -2.64. The van der Waals surface area contributed by atoms with Crippen LogP contribution in [0.1, 0.15) is 60.3 Å². The van der Waals surface area contributed by atoms with Crippen LogP contribution < -0.4 is 0 Å². The fraction of sp³-hybridized carbons (Fsp3) is 0.941. The molecule has 0 spiro atoms. The minimum Gasteiger partial charge on any atom is -0.462 e. The molecular weight excluding hydrogens is 268 g/mol. The second kappa shape index (κ2) is 5.54. The van der Waals surface area contributed by atoms with E-state index in [2.05, 4.69) is 13.8 Å². The molecule has 2 saturated carbocycles. The number of aliphatic hydroxyl groups is 2. The standard InChI is InChI=1S/C17H30O4/c1-10(2)12-6-8-16(4)13(19)7-9-17(5,20)15(16)14(12)21-11(3)18/h10,12-15,19-20H,6-9H2,1-5H3/t12-,13+,14+,15?,16-,17+/m0/s1. The molecule has 21 heavy (non-hydrogen) atoms. The predicted octanol–water partition coefficient (Wildman–Crippen LogP) is 2.51. The van der Waals surface area contributed by atoms with E-state index in [1.165, 1.54) is 6.92 Å². The van der Waals surface area contributed by atoms with Crippen LogP contribution in [0.15, 0.2) is 0 Å². The molecule has 0 bridgehead atoms. The zero-order valence-corrected chi connectivity index (χ0v) is 13.9. The molecular formula is C17H30O4. The third-order valence-corrected chi connectivity index (χ3v) is 5.99. The van der Waals surface area contributed by atoms with Gasteiger partial charge < -0.3 is 14.9 Å². The fourth-order valence-corrected chi connectivity index (χ4v) is 4.83. The second-order valence-corrected chi connectivity index (χ2v) is 7.92. The van der Waals surface area contributed by atoms with Crippen LogP contribution in [-0.4, -0.2) is 34.0 Å². The van der Waals surface area contributed by atoms with Crippen molar-refractivity contribution < 1.29 is 19.7 Å². The Morgan fingerprint density at radius 3 is 2.38 bits per heavy atom. The Morgan fingerprint density at radius 1 is 1.24 bits per heavy atom. The Hall–Kier alpha value is -0.610. The Kier molecular flexibility index (Phi) is 4.42. The average Bonchev–Trinajstić information content (AvgIpc) is 2.33. The zero-order valence-electron chi connectivity index (χ0n) is 13.9. The fourth-order valence-electron chi connectivity index (χ4n) is 4.83. The molecule has 0 saturated heterocycles. The minimum absolute atomic E-state index is 0.209. The van der Waals surface area contributed by atoms with Crippen molar-refractivity contribution in [2.24, 2.45) is 23.2 Å². The summed E-state index contributed by atoms with van der Waals surface area (Å²) in [6.07, 6.45) is 2.21. The first-order chi connectivity index (χ1) is 9.59. The lowest BCUT2D eigenvalue weighted by atomic mass is 9.50. The van der Waals surface area contributed by atoms with Crippen LogP contribution in [0.5, 0.6) is 0 Å². The van der Waals surface area contributed by atoms with Crippen molar-refractivity contribution in [2.75, 3.05) is 0 Å². The molecule has 4 heteroatoms. The van der Waals surface area contributed by atoms with Crippen molar-refractivity contribution in [1.29, 1.82) is 0 Å². The van der Waals surface area contributed by atoms with Gasteiger partial charge in [0.2, 0.25) is 0 Å². The number of hydrogen-bond donors (Lipinski definition) is 2. The number of rotatable bonds is 2. The third kappa shape index (κ3) is 2.85. The van der Waals surface area contributed by atoms with Crippen LogP contribution in [0.3, 0.4) is 0 Å². The highest BCUT2D eigenvalue weighted by atomic mass is 16.5. The third-order valence-electron chi connectivity index (χ3n) is 5.99. The smallest absolute Gasteiger partial charge is 0.302 e. The van der Waals surface area contributed by atoms with Gasteiger partial charge in [-0.25, -0.2) is 0 Å². The number of aliphatic hydroxyl groups excluding tert-OH is 1. The first-order valence-corrected chi connectivity index (χ1v) is 8.17. The number of hydrogen-bond acceptors (Lipinski definition) is 4. The van der Waals surface area contributed by atoms with Gasteiger partial charge in [-0.3, -0.25) is 4.79 Å². The second-order valence-electron chi connectivity index (χ2n) is 7.92. The van der Waals surface area contributed by atoms with Crippen LogP contribution in [0.25, 0.3) is 0 Å². The van der Waals surface area contributed by atoms with E-state index in [-0.39, 0.29) is 29.3 Å². The minimum atomic E-state index is -0.901. The summed E-state index contributed by atoms with van der Waals surface area (Å²) in [5, 5.41) is 21.5. The molecule has 0 aromatic rings. The van der Waals surface area contributed by atoms with Gasteiger partial charge in [0.1, 0.15) is 6.10 Å².